The van der Waals surface area contributed by atoms with E-state index in [9.17, 15) is 0 Å². The Balaban J connectivity index is 1.84. The third-order valence-electron chi connectivity index (χ3n) is 2.72. The maximum Gasteiger partial charge on any atom is 0.231 e. The van der Waals surface area contributed by atoms with Crippen LogP contribution in [0.1, 0.15) is 5.56 Å². The van der Waals surface area contributed by atoms with Crippen molar-refractivity contribution < 1.29 is 14.2 Å². The smallest absolute Gasteiger partial charge is 0.231 e. The van der Waals surface area contributed by atoms with Crippen molar-refractivity contribution in [3.8, 4) is 11.5 Å². The van der Waals surface area contributed by atoms with Crippen molar-refractivity contribution in [1.29, 1.82) is 0 Å². The van der Waals surface area contributed by atoms with Crippen molar-refractivity contribution in [3.05, 3.63) is 23.8 Å². The molecule has 0 atom stereocenters. The van der Waals surface area contributed by atoms with Gasteiger partial charge < -0.3 is 24.8 Å². The van der Waals surface area contributed by atoms with E-state index in [1.165, 1.54) is 0 Å². The zero-order chi connectivity index (χ0) is 13.5. The molecule has 0 aliphatic carbocycles. The fraction of sp³-hybridized carbons (Fsp3) is 0.462. The molecule has 1 aromatic carbocycles. The van der Waals surface area contributed by atoms with Crippen molar-refractivity contribution >= 4 is 5.96 Å². The van der Waals surface area contributed by atoms with E-state index in [1.54, 1.807) is 14.2 Å². The highest BCUT2D eigenvalue weighted by molar-refractivity contribution is 5.79. The number of fused-ring (bicyclic) bond motifs is 1. The highest BCUT2D eigenvalue weighted by atomic mass is 16.7. The molecular weight excluding hydrogens is 246 g/mol. The van der Waals surface area contributed by atoms with E-state index < -0.39 is 0 Å². The molecular formula is C13H19N3O3. The molecule has 0 fully saturated rings. The summed E-state index contributed by atoms with van der Waals surface area (Å²) in [6.45, 7) is 2.33. The molecule has 0 amide bonds. The molecule has 1 aliphatic heterocycles. The van der Waals surface area contributed by atoms with Crippen molar-refractivity contribution in [2.24, 2.45) is 4.99 Å². The number of hydrogen-bond donors (Lipinski definition) is 2. The van der Waals surface area contributed by atoms with Gasteiger partial charge in [-0.05, 0) is 17.7 Å². The van der Waals surface area contributed by atoms with Gasteiger partial charge in [0, 0.05) is 27.2 Å². The van der Waals surface area contributed by atoms with Gasteiger partial charge >= 0.3 is 0 Å². The Morgan fingerprint density at radius 2 is 2.16 bits per heavy atom. The van der Waals surface area contributed by atoms with Crippen molar-refractivity contribution in [2.45, 2.75) is 6.54 Å². The second-order valence-electron chi connectivity index (χ2n) is 4.03. The largest absolute Gasteiger partial charge is 0.454 e. The minimum Gasteiger partial charge on any atom is -0.454 e. The molecule has 6 nitrogen and oxygen atoms in total. The lowest BCUT2D eigenvalue weighted by Crippen LogP contribution is -2.38. The molecule has 0 aromatic heterocycles. The van der Waals surface area contributed by atoms with Gasteiger partial charge in [0.2, 0.25) is 6.79 Å². The molecule has 0 radical (unpaired) electrons. The van der Waals surface area contributed by atoms with Gasteiger partial charge in [-0.25, -0.2) is 0 Å². The Morgan fingerprint density at radius 3 is 2.95 bits per heavy atom. The Bertz CT molecular complexity index is 449. The number of nitrogens with zero attached hydrogens (tertiary/aromatic N) is 1. The van der Waals surface area contributed by atoms with Gasteiger partial charge in [0.15, 0.2) is 17.5 Å². The van der Waals surface area contributed by atoms with Gasteiger partial charge in [0.25, 0.3) is 0 Å². The van der Waals surface area contributed by atoms with Crippen LogP contribution >= 0.6 is 0 Å². The average molecular weight is 265 g/mol. The molecule has 1 aliphatic rings. The molecule has 1 heterocycles. The summed E-state index contributed by atoms with van der Waals surface area (Å²) in [4.78, 5) is 4.13. The maximum atomic E-state index is 5.34. The lowest BCUT2D eigenvalue weighted by Gasteiger charge is -2.11. The van der Waals surface area contributed by atoms with Crippen molar-refractivity contribution in [3.63, 3.8) is 0 Å². The molecule has 1 aromatic rings. The summed E-state index contributed by atoms with van der Waals surface area (Å²) in [5.41, 5.74) is 1.11. The fourth-order valence-corrected chi connectivity index (χ4v) is 1.73. The van der Waals surface area contributed by atoms with Crippen molar-refractivity contribution in [1.82, 2.24) is 10.6 Å². The van der Waals surface area contributed by atoms with Crippen LogP contribution in [-0.2, 0) is 11.3 Å². The van der Waals surface area contributed by atoms with E-state index in [0.29, 0.717) is 19.9 Å². The summed E-state index contributed by atoms with van der Waals surface area (Å²) < 4.78 is 15.6. The standard InChI is InChI=1S/C13H19N3O3/c1-14-13(15-5-6-17-2)16-8-10-3-4-11-12(7-10)19-9-18-11/h3-4,7H,5-6,8-9H2,1-2H3,(H2,14,15,16). The lowest BCUT2D eigenvalue weighted by molar-refractivity contribution is 0.174. The second-order valence-corrected chi connectivity index (χ2v) is 4.03. The highest BCUT2D eigenvalue weighted by Crippen LogP contribution is 2.32. The van der Waals surface area contributed by atoms with Gasteiger partial charge in [-0.15, -0.1) is 0 Å². The number of ether oxygens (including phenoxy) is 3. The molecule has 6 heteroatoms. The van der Waals surface area contributed by atoms with Crippen LogP contribution in [0.15, 0.2) is 23.2 Å². The summed E-state index contributed by atoms with van der Waals surface area (Å²) in [7, 11) is 3.41. The number of aliphatic imine (C=N–C) groups is 1. The average Bonchev–Trinajstić information content (AvgIpc) is 2.90. The third-order valence-corrected chi connectivity index (χ3v) is 2.72. The minimum absolute atomic E-state index is 0.298. The van der Waals surface area contributed by atoms with Gasteiger partial charge in [0.05, 0.1) is 6.61 Å². The van der Waals surface area contributed by atoms with E-state index in [0.717, 1.165) is 29.6 Å². The summed E-state index contributed by atoms with van der Waals surface area (Å²) >= 11 is 0. The molecule has 19 heavy (non-hydrogen) atoms. The van der Waals surface area contributed by atoms with Crippen LogP contribution in [0.2, 0.25) is 0 Å². The lowest BCUT2D eigenvalue weighted by atomic mass is 10.2. The number of nitrogens with one attached hydrogen (secondary N) is 2. The van der Waals surface area contributed by atoms with Crippen LogP contribution in [0.5, 0.6) is 11.5 Å². The Hall–Kier alpha value is -1.95. The van der Waals surface area contributed by atoms with Crippen molar-refractivity contribution in [2.75, 3.05) is 34.1 Å². The van der Waals surface area contributed by atoms with E-state index in [1.807, 2.05) is 18.2 Å². The van der Waals surface area contributed by atoms with Crippen LogP contribution in [-0.4, -0.2) is 40.1 Å². The normalized spacial score (nSPS) is 13.5. The molecule has 0 unspecified atom stereocenters. The zero-order valence-corrected chi connectivity index (χ0v) is 11.2. The SMILES string of the molecule is CN=C(NCCOC)NCc1ccc2c(c1)OCO2. The summed E-state index contributed by atoms with van der Waals surface area (Å²) in [6, 6.07) is 5.89. The first kappa shape index (κ1) is 13.5. The van der Waals surface area contributed by atoms with Crippen LogP contribution < -0.4 is 20.1 Å². The van der Waals surface area contributed by atoms with Crippen LogP contribution in [0.3, 0.4) is 0 Å². The number of methoxy groups -OCH3 is 1. The molecule has 0 saturated heterocycles. The van der Waals surface area contributed by atoms with Gasteiger partial charge in [0.1, 0.15) is 0 Å². The monoisotopic (exact) mass is 265 g/mol. The highest BCUT2D eigenvalue weighted by Gasteiger charge is 2.12. The third kappa shape index (κ3) is 3.75. The molecule has 0 spiro atoms. The minimum atomic E-state index is 0.298. The quantitative estimate of drug-likeness (QED) is 0.467. The molecule has 0 bridgehead atoms. The second kappa shape index (κ2) is 6.84. The predicted octanol–water partition coefficient (Wildman–Crippen LogP) is 0.727. The molecule has 2 rings (SSSR count). The molecule has 104 valence electrons. The number of rotatable bonds is 5. The van der Waals surface area contributed by atoms with E-state index in [-0.39, 0.29) is 0 Å². The molecule has 0 saturated carbocycles. The fourth-order valence-electron chi connectivity index (χ4n) is 1.73. The number of guanidine groups is 1. The van der Waals surface area contributed by atoms with E-state index in [2.05, 4.69) is 15.6 Å². The van der Waals surface area contributed by atoms with Crippen LogP contribution in [0.4, 0.5) is 0 Å². The molecule has 2 N–H and O–H groups in total. The first-order valence-electron chi connectivity index (χ1n) is 6.15. The van der Waals surface area contributed by atoms with E-state index in [4.69, 9.17) is 14.2 Å². The van der Waals surface area contributed by atoms with Crippen LogP contribution in [0, 0.1) is 0 Å². The first-order chi connectivity index (χ1) is 9.33. The summed E-state index contributed by atoms with van der Waals surface area (Å²) in [5, 5.41) is 6.37. The Morgan fingerprint density at radius 1 is 1.32 bits per heavy atom. The number of hydrogen-bond acceptors (Lipinski definition) is 4. The van der Waals surface area contributed by atoms with Gasteiger partial charge in [-0.3, -0.25) is 4.99 Å². The van der Waals surface area contributed by atoms with E-state index >= 15 is 0 Å². The van der Waals surface area contributed by atoms with Gasteiger partial charge in [-0.2, -0.15) is 0 Å². The maximum absolute atomic E-state index is 5.34. The Kier molecular flexibility index (Phi) is 4.85. The van der Waals surface area contributed by atoms with Crippen LogP contribution in [0.25, 0.3) is 0 Å². The predicted molar refractivity (Wildman–Crippen MR) is 72.6 cm³/mol. The number of benzene rings is 1. The Labute approximate surface area is 112 Å². The first-order valence-corrected chi connectivity index (χ1v) is 6.15. The summed E-state index contributed by atoms with van der Waals surface area (Å²) in [5.74, 6) is 2.34. The summed E-state index contributed by atoms with van der Waals surface area (Å²) in [6.07, 6.45) is 0. The van der Waals surface area contributed by atoms with Gasteiger partial charge in [-0.1, -0.05) is 6.07 Å². The zero-order valence-electron chi connectivity index (χ0n) is 11.2. The topological polar surface area (TPSA) is 64.1 Å².